The highest BCUT2D eigenvalue weighted by atomic mass is 16.5. The highest BCUT2D eigenvalue weighted by Gasteiger charge is 2.03. The summed E-state index contributed by atoms with van der Waals surface area (Å²) >= 11 is 0. The summed E-state index contributed by atoms with van der Waals surface area (Å²) in [5, 5.41) is 8.82. The summed E-state index contributed by atoms with van der Waals surface area (Å²) in [5.74, 6) is 0.0319. The molecule has 0 amide bonds. The predicted octanol–water partition coefficient (Wildman–Crippen LogP) is 19.8. The molecule has 59 heavy (non-hydrogen) atoms. The first-order chi connectivity index (χ1) is 29.3. The van der Waals surface area contributed by atoms with Gasteiger partial charge in [-0.3, -0.25) is 4.79 Å². The van der Waals surface area contributed by atoms with E-state index in [1.54, 1.807) is 0 Å². The third-order valence-corrected chi connectivity index (χ3v) is 13.3. The van der Waals surface area contributed by atoms with E-state index < -0.39 is 0 Å². The second kappa shape index (κ2) is 55.4. The number of hydrogen-bond acceptors (Lipinski definition) is 3. The van der Waals surface area contributed by atoms with Gasteiger partial charge in [0.15, 0.2) is 0 Å². The van der Waals surface area contributed by atoms with Gasteiger partial charge in [0.2, 0.25) is 0 Å². The second-order valence-electron chi connectivity index (χ2n) is 19.4. The van der Waals surface area contributed by atoms with E-state index in [0.29, 0.717) is 19.6 Å². The smallest absolute Gasteiger partial charge is 0.305 e. The van der Waals surface area contributed by atoms with Crippen LogP contribution in [0.3, 0.4) is 0 Å². The Morgan fingerprint density at radius 2 is 0.458 bits per heavy atom. The minimum atomic E-state index is 0.0319. The Balaban J connectivity index is 3.14. The van der Waals surface area contributed by atoms with Crippen LogP contribution in [0.5, 0.6) is 0 Å². The molecule has 0 spiro atoms. The van der Waals surface area contributed by atoms with E-state index >= 15 is 0 Å². The predicted molar refractivity (Wildman–Crippen MR) is 264 cm³/mol. The van der Waals surface area contributed by atoms with Crippen molar-refractivity contribution in [1.82, 2.24) is 0 Å². The van der Waals surface area contributed by atoms with Crippen molar-refractivity contribution < 1.29 is 14.6 Å². The molecule has 0 bridgehead atoms. The van der Waals surface area contributed by atoms with Gasteiger partial charge in [0.05, 0.1) is 6.61 Å². The fraction of sp³-hybridized carbons (Fsp3) is 0.982. The van der Waals surface area contributed by atoms with Crippen LogP contribution in [0, 0.1) is 0 Å². The highest BCUT2D eigenvalue weighted by molar-refractivity contribution is 5.69. The molecule has 354 valence electrons. The zero-order valence-electron chi connectivity index (χ0n) is 40.9. The lowest BCUT2D eigenvalue weighted by molar-refractivity contribution is -0.143. The topological polar surface area (TPSA) is 46.5 Å². The van der Waals surface area contributed by atoms with E-state index in [0.717, 1.165) is 19.3 Å². The van der Waals surface area contributed by atoms with Gasteiger partial charge in [-0.1, -0.05) is 315 Å². The van der Waals surface area contributed by atoms with Crippen molar-refractivity contribution in [2.24, 2.45) is 0 Å². The largest absolute Gasteiger partial charge is 0.466 e. The maximum absolute atomic E-state index is 12.1. The number of hydrogen-bond donors (Lipinski definition) is 1. The number of esters is 1. The summed E-state index contributed by atoms with van der Waals surface area (Å²) in [7, 11) is 0. The number of aliphatic hydroxyl groups excluding tert-OH is 1. The number of carbonyl (C=O) groups excluding carboxylic acids is 1. The monoisotopic (exact) mass is 833 g/mol. The highest BCUT2D eigenvalue weighted by Crippen LogP contribution is 2.18. The molecule has 0 saturated carbocycles. The Morgan fingerprint density at radius 1 is 0.271 bits per heavy atom. The van der Waals surface area contributed by atoms with E-state index in [-0.39, 0.29) is 5.97 Å². The van der Waals surface area contributed by atoms with Crippen molar-refractivity contribution in [2.45, 2.75) is 341 Å². The average molecular weight is 834 g/mol. The van der Waals surface area contributed by atoms with Crippen LogP contribution in [0.1, 0.15) is 341 Å². The first-order valence-electron chi connectivity index (χ1n) is 28.1. The van der Waals surface area contributed by atoms with Gasteiger partial charge < -0.3 is 9.84 Å². The lowest BCUT2D eigenvalue weighted by Crippen LogP contribution is -2.05. The molecule has 0 saturated heterocycles. The molecular weight excluding hydrogens is 721 g/mol. The van der Waals surface area contributed by atoms with Gasteiger partial charge >= 0.3 is 5.97 Å². The molecule has 0 aromatic rings. The minimum absolute atomic E-state index is 0.0319. The van der Waals surface area contributed by atoms with Gasteiger partial charge in [0.25, 0.3) is 0 Å². The number of aliphatic hydroxyl groups is 1. The van der Waals surface area contributed by atoms with Gasteiger partial charge in [-0.25, -0.2) is 0 Å². The van der Waals surface area contributed by atoms with Gasteiger partial charge in [0, 0.05) is 13.0 Å². The van der Waals surface area contributed by atoms with Crippen LogP contribution < -0.4 is 0 Å². The maximum Gasteiger partial charge on any atom is 0.305 e. The lowest BCUT2D eigenvalue weighted by Gasteiger charge is -2.06. The third kappa shape index (κ3) is 55.4. The SMILES string of the molecule is CCCCCCCCCCCCCCCCCCCCCCCCCCOC(=O)CCCCCCCCCCCCCCCCCCCCCCCCCCCCCO. The number of carbonyl (C=O) groups is 1. The third-order valence-electron chi connectivity index (χ3n) is 13.3. The van der Waals surface area contributed by atoms with E-state index in [2.05, 4.69) is 6.92 Å². The van der Waals surface area contributed by atoms with Crippen molar-refractivity contribution in [1.29, 1.82) is 0 Å². The normalized spacial score (nSPS) is 11.6. The van der Waals surface area contributed by atoms with E-state index in [4.69, 9.17) is 9.84 Å². The number of ether oxygens (including phenoxy) is 1. The molecule has 1 N–H and O–H groups in total. The molecule has 0 aliphatic carbocycles. The first kappa shape index (κ1) is 58.4. The molecule has 3 nitrogen and oxygen atoms in total. The number of unbranched alkanes of at least 4 members (excludes halogenated alkanes) is 49. The minimum Gasteiger partial charge on any atom is -0.466 e. The summed E-state index contributed by atoms with van der Waals surface area (Å²) < 4.78 is 5.51. The molecular formula is C56H112O3. The molecule has 0 heterocycles. The van der Waals surface area contributed by atoms with E-state index in [9.17, 15) is 4.79 Å². The Morgan fingerprint density at radius 3 is 0.678 bits per heavy atom. The summed E-state index contributed by atoms with van der Waals surface area (Å²) in [4.78, 5) is 12.1. The summed E-state index contributed by atoms with van der Waals surface area (Å²) in [6.07, 6.45) is 71.4. The summed E-state index contributed by atoms with van der Waals surface area (Å²) in [6, 6.07) is 0. The zero-order chi connectivity index (χ0) is 42.5. The molecule has 0 radical (unpaired) electrons. The molecule has 0 atom stereocenters. The second-order valence-corrected chi connectivity index (χ2v) is 19.4. The van der Waals surface area contributed by atoms with Gasteiger partial charge in [-0.15, -0.1) is 0 Å². The van der Waals surface area contributed by atoms with Crippen LogP contribution in [0.2, 0.25) is 0 Å². The molecule has 0 unspecified atom stereocenters. The van der Waals surface area contributed by atoms with Crippen LogP contribution in [0.4, 0.5) is 0 Å². The Labute approximate surface area is 373 Å². The van der Waals surface area contributed by atoms with Crippen molar-refractivity contribution in [3.63, 3.8) is 0 Å². The molecule has 3 heteroatoms. The summed E-state index contributed by atoms with van der Waals surface area (Å²) in [6.45, 7) is 3.30. The van der Waals surface area contributed by atoms with Crippen LogP contribution in [-0.4, -0.2) is 24.3 Å². The van der Waals surface area contributed by atoms with Crippen molar-refractivity contribution >= 4 is 5.97 Å². The molecule has 0 aromatic carbocycles. The Kier molecular flexibility index (Phi) is 54.9. The average Bonchev–Trinajstić information content (AvgIpc) is 3.24. The summed E-state index contributed by atoms with van der Waals surface area (Å²) in [5.41, 5.74) is 0. The van der Waals surface area contributed by atoms with Gasteiger partial charge in [-0.2, -0.15) is 0 Å². The molecule has 0 fully saturated rings. The van der Waals surface area contributed by atoms with Crippen LogP contribution >= 0.6 is 0 Å². The first-order valence-corrected chi connectivity index (χ1v) is 28.1. The van der Waals surface area contributed by atoms with Gasteiger partial charge in [0.1, 0.15) is 0 Å². The molecule has 0 aromatic heterocycles. The van der Waals surface area contributed by atoms with Gasteiger partial charge in [-0.05, 0) is 19.3 Å². The van der Waals surface area contributed by atoms with E-state index in [1.165, 1.54) is 308 Å². The standard InChI is InChI=1S/C56H112O3/c1-2-3-4-5-6-7-8-9-10-11-12-13-14-22-25-28-31-34-37-40-43-46-49-52-55-59-56(58)53-50-47-44-41-38-35-32-29-26-23-20-18-16-15-17-19-21-24-27-30-33-36-39-42-45-48-51-54-57/h57H,2-55H2,1H3. The van der Waals surface area contributed by atoms with Crippen molar-refractivity contribution in [3.05, 3.63) is 0 Å². The Bertz CT molecular complexity index is 737. The fourth-order valence-electron chi connectivity index (χ4n) is 9.12. The maximum atomic E-state index is 12.1. The van der Waals surface area contributed by atoms with E-state index in [1.807, 2.05) is 0 Å². The quantitative estimate of drug-likeness (QED) is 0.0490. The van der Waals surface area contributed by atoms with Crippen LogP contribution in [-0.2, 0) is 9.53 Å². The Hall–Kier alpha value is -0.570. The number of rotatable bonds is 54. The molecule has 0 aliphatic heterocycles. The van der Waals surface area contributed by atoms with Crippen molar-refractivity contribution in [2.75, 3.05) is 13.2 Å². The van der Waals surface area contributed by atoms with Crippen LogP contribution in [0.15, 0.2) is 0 Å². The van der Waals surface area contributed by atoms with Crippen LogP contribution in [0.25, 0.3) is 0 Å². The molecule has 0 rings (SSSR count). The fourth-order valence-corrected chi connectivity index (χ4v) is 9.12. The lowest BCUT2D eigenvalue weighted by atomic mass is 10.0. The van der Waals surface area contributed by atoms with Crippen molar-refractivity contribution in [3.8, 4) is 0 Å². The molecule has 0 aliphatic rings. The zero-order valence-corrected chi connectivity index (χ0v) is 40.9.